The molecule has 0 fully saturated rings. The van der Waals surface area contributed by atoms with Gasteiger partial charge < -0.3 is 15.7 Å². The highest BCUT2D eigenvalue weighted by atomic mass is 35.5. The molecule has 1 atom stereocenters. The number of nitrogens with zero attached hydrogens (tertiary/aromatic N) is 1. The molecule has 0 saturated carbocycles. The van der Waals surface area contributed by atoms with Crippen LogP contribution in [0.2, 0.25) is 5.02 Å². The van der Waals surface area contributed by atoms with E-state index in [9.17, 15) is 23.1 Å². The number of halogens is 1. The molecule has 0 aliphatic carbocycles. The molecule has 39 heavy (non-hydrogen) atoms. The summed E-state index contributed by atoms with van der Waals surface area (Å²) in [7, 11) is -4.15. The standard InChI is InChI=1S/C28H25ClN4O5S/c1-18-6-9-21(17-24(18)32-28(36)31-22-12-14-30-15-13-22)20-10-7-19(8-11-20)16-25(27(34)35)33-39(37,38)26-5-3-2-4-23(26)29/h2-15,17,25,33H,16H2,1H3,(H,34,35)(H2,30,31,32,36). The minimum atomic E-state index is -4.15. The molecule has 1 unspecified atom stereocenters. The number of aryl methyl sites for hydroxylation is 1. The molecule has 0 aliphatic heterocycles. The largest absolute Gasteiger partial charge is 0.480 e. The van der Waals surface area contributed by atoms with E-state index in [2.05, 4.69) is 20.3 Å². The fourth-order valence-corrected chi connectivity index (χ4v) is 5.53. The summed E-state index contributed by atoms with van der Waals surface area (Å²) in [6.45, 7) is 1.88. The second-order valence-corrected chi connectivity index (χ2v) is 10.8. The van der Waals surface area contributed by atoms with Crippen molar-refractivity contribution in [1.29, 1.82) is 0 Å². The predicted molar refractivity (Wildman–Crippen MR) is 150 cm³/mol. The zero-order chi connectivity index (χ0) is 28.0. The van der Waals surface area contributed by atoms with Crippen LogP contribution >= 0.6 is 11.6 Å². The van der Waals surface area contributed by atoms with Crippen LogP contribution in [-0.2, 0) is 21.2 Å². The number of benzene rings is 3. The number of aromatic nitrogens is 1. The van der Waals surface area contributed by atoms with Gasteiger partial charge in [0.05, 0.1) is 5.02 Å². The molecule has 1 aromatic heterocycles. The molecule has 200 valence electrons. The van der Waals surface area contributed by atoms with Crippen molar-refractivity contribution in [2.24, 2.45) is 0 Å². The van der Waals surface area contributed by atoms with E-state index in [0.29, 0.717) is 16.9 Å². The van der Waals surface area contributed by atoms with E-state index in [1.54, 1.807) is 42.7 Å². The number of nitrogens with one attached hydrogen (secondary N) is 3. The number of carboxylic acid groups (broad SMARTS) is 1. The Morgan fingerprint density at radius 2 is 1.59 bits per heavy atom. The van der Waals surface area contributed by atoms with E-state index in [4.69, 9.17) is 11.6 Å². The van der Waals surface area contributed by atoms with Crippen molar-refractivity contribution >= 4 is 45.0 Å². The van der Waals surface area contributed by atoms with Gasteiger partial charge in [0.1, 0.15) is 10.9 Å². The third-order valence-electron chi connectivity index (χ3n) is 5.87. The molecule has 3 aromatic carbocycles. The number of rotatable bonds is 9. The van der Waals surface area contributed by atoms with Crippen LogP contribution in [-0.4, -0.2) is 36.6 Å². The number of carbonyl (C=O) groups excluding carboxylic acids is 1. The Morgan fingerprint density at radius 1 is 0.923 bits per heavy atom. The average Bonchev–Trinajstić information content (AvgIpc) is 2.90. The molecule has 1 heterocycles. The maximum Gasteiger partial charge on any atom is 0.323 e. The molecule has 0 saturated heterocycles. The van der Waals surface area contributed by atoms with Gasteiger partial charge in [0.2, 0.25) is 10.0 Å². The van der Waals surface area contributed by atoms with Crippen LogP contribution in [0.25, 0.3) is 11.1 Å². The van der Waals surface area contributed by atoms with Gasteiger partial charge in [-0.15, -0.1) is 0 Å². The number of urea groups is 1. The Bertz CT molecular complexity index is 1600. The zero-order valence-electron chi connectivity index (χ0n) is 20.8. The summed E-state index contributed by atoms with van der Waals surface area (Å²) >= 11 is 6.00. The molecule has 9 nitrogen and oxygen atoms in total. The van der Waals surface area contributed by atoms with E-state index in [1.165, 1.54) is 18.2 Å². The molecule has 2 amide bonds. The Balaban J connectivity index is 1.47. The number of aliphatic carboxylic acids is 1. The van der Waals surface area contributed by atoms with Gasteiger partial charge in [-0.2, -0.15) is 4.72 Å². The number of sulfonamides is 1. The molecule has 4 rings (SSSR count). The Kier molecular flexibility index (Phi) is 8.60. The topological polar surface area (TPSA) is 137 Å². The quantitative estimate of drug-likeness (QED) is 0.217. The SMILES string of the molecule is Cc1ccc(-c2ccc(CC(NS(=O)(=O)c3ccccc3Cl)C(=O)O)cc2)cc1NC(=O)Nc1ccncc1. The highest BCUT2D eigenvalue weighted by molar-refractivity contribution is 7.89. The highest BCUT2D eigenvalue weighted by Crippen LogP contribution is 2.27. The van der Waals surface area contributed by atoms with Crippen molar-refractivity contribution in [3.63, 3.8) is 0 Å². The van der Waals surface area contributed by atoms with Crippen LogP contribution in [0.1, 0.15) is 11.1 Å². The lowest BCUT2D eigenvalue weighted by Gasteiger charge is -2.16. The number of amides is 2. The maximum atomic E-state index is 12.7. The predicted octanol–water partition coefficient (Wildman–Crippen LogP) is 5.33. The summed E-state index contributed by atoms with van der Waals surface area (Å²) in [5.41, 5.74) is 4.40. The number of pyridine rings is 1. The number of carbonyl (C=O) groups is 2. The summed E-state index contributed by atoms with van der Waals surface area (Å²) in [4.78, 5) is 28.0. The lowest BCUT2D eigenvalue weighted by molar-refractivity contribution is -0.138. The first-order valence-corrected chi connectivity index (χ1v) is 13.7. The molecule has 0 bridgehead atoms. The minimum absolute atomic E-state index is 0.000274. The summed E-state index contributed by atoms with van der Waals surface area (Å²) in [6, 6.07) is 20.1. The summed E-state index contributed by atoms with van der Waals surface area (Å²) < 4.78 is 27.7. The van der Waals surface area contributed by atoms with Gasteiger partial charge in [-0.1, -0.05) is 60.1 Å². The van der Waals surface area contributed by atoms with Crippen molar-refractivity contribution in [2.75, 3.05) is 10.6 Å². The maximum absolute atomic E-state index is 12.7. The Hall–Kier alpha value is -4.25. The monoisotopic (exact) mass is 564 g/mol. The summed E-state index contributed by atoms with van der Waals surface area (Å²) in [5.74, 6) is -1.31. The number of hydrogen-bond acceptors (Lipinski definition) is 5. The van der Waals surface area contributed by atoms with Gasteiger partial charge in [-0.25, -0.2) is 13.2 Å². The third-order valence-corrected chi connectivity index (χ3v) is 7.84. The van der Waals surface area contributed by atoms with Gasteiger partial charge in [0, 0.05) is 23.8 Å². The number of carboxylic acids is 1. The van der Waals surface area contributed by atoms with Crippen molar-refractivity contribution in [3.8, 4) is 11.1 Å². The van der Waals surface area contributed by atoms with Crippen LogP contribution < -0.4 is 15.4 Å². The fourth-order valence-electron chi connectivity index (χ4n) is 3.82. The van der Waals surface area contributed by atoms with Crippen molar-refractivity contribution in [3.05, 3.63) is 107 Å². The van der Waals surface area contributed by atoms with E-state index in [1.807, 2.05) is 37.3 Å². The number of anilines is 2. The van der Waals surface area contributed by atoms with E-state index >= 15 is 0 Å². The highest BCUT2D eigenvalue weighted by Gasteiger charge is 2.27. The zero-order valence-corrected chi connectivity index (χ0v) is 22.3. The lowest BCUT2D eigenvalue weighted by atomic mass is 9.99. The molecule has 0 aliphatic rings. The van der Waals surface area contributed by atoms with Gasteiger partial charge in [0.15, 0.2) is 0 Å². The third kappa shape index (κ3) is 7.20. The smallest absolute Gasteiger partial charge is 0.323 e. The normalized spacial score (nSPS) is 11.9. The van der Waals surface area contributed by atoms with Gasteiger partial charge in [-0.05, 0) is 65.9 Å². The van der Waals surface area contributed by atoms with E-state index in [-0.39, 0.29) is 16.3 Å². The molecular formula is C28H25ClN4O5S. The van der Waals surface area contributed by atoms with Crippen molar-refractivity contribution in [2.45, 2.75) is 24.3 Å². The summed E-state index contributed by atoms with van der Waals surface area (Å²) in [6.07, 6.45) is 3.09. The molecule has 4 N–H and O–H groups in total. The van der Waals surface area contributed by atoms with E-state index in [0.717, 1.165) is 16.7 Å². The minimum Gasteiger partial charge on any atom is -0.480 e. The van der Waals surface area contributed by atoms with Crippen molar-refractivity contribution < 1.29 is 23.1 Å². The molecule has 4 aromatic rings. The van der Waals surface area contributed by atoms with E-state index < -0.39 is 28.1 Å². The first-order chi connectivity index (χ1) is 18.6. The molecular weight excluding hydrogens is 540 g/mol. The first kappa shape index (κ1) is 27.8. The molecule has 0 radical (unpaired) electrons. The lowest BCUT2D eigenvalue weighted by Crippen LogP contribution is -2.42. The average molecular weight is 565 g/mol. The Morgan fingerprint density at radius 3 is 2.26 bits per heavy atom. The van der Waals surface area contributed by atoms with Crippen LogP contribution in [0.15, 0.2) is 96.2 Å². The van der Waals surface area contributed by atoms with Gasteiger partial charge >= 0.3 is 12.0 Å². The number of hydrogen-bond donors (Lipinski definition) is 4. The van der Waals surface area contributed by atoms with Gasteiger partial charge in [-0.3, -0.25) is 9.78 Å². The first-order valence-electron chi connectivity index (χ1n) is 11.8. The second kappa shape index (κ2) is 12.1. The van der Waals surface area contributed by atoms with Crippen LogP contribution in [0, 0.1) is 6.92 Å². The van der Waals surface area contributed by atoms with Crippen molar-refractivity contribution in [1.82, 2.24) is 9.71 Å². The van der Waals surface area contributed by atoms with Crippen LogP contribution in [0.4, 0.5) is 16.2 Å². The van der Waals surface area contributed by atoms with Crippen LogP contribution in [0.5, 0.6) is 0 Å². The fraction of sp³-hybridized carbons (Fsp3) is 0.107. The van der Waals surface area contributed by atoms with Crippen LogP contribution in [0.3, 0.4) is 0 Å². The molecule has 0 spiro atoms. The van der Waals surface area contributed by atoms with Gasteiger partial charge in [0.25, 0.3) is 0 Å². The summed E-state index contributed by atoms with van der Waals surface area (Å²) in [5, 5.41) is 15.3. The second-order valence-electron chi connectivity index (χ2n) is 8.69. The molecule has 11 heteroatoms. The Labute approximate surface area is 230 Å².